The first kappa shape index (κ1) is 12.8. The standard InChI is InChI=1S/C4H10.CH5O4P/c1-3-4-2;1-6(3,4)5-2/h3-4H2,1-2H3;2H,1H3,(H,3,4). The van der Waals surface area contributed by atoms with Crippen LogP contribution in [0.3, 0.4) is 0 Å². The van der Waals surface area contributed by atoms with Gasteiger partial charge in [-0.2, -0.15) is 4.67 Å². The van der Waals surface area contributed by atoms with Gasteiger partial charge in [0.05, 0.1) is 0 Å². The molecule has 0 bridgehead atoms. The van der Waals surface area contributed by atoms with Gasteiger partial charge < -0.3 is 4.89 Å². The van der Waals surface area contributed by atoms with Crippen molar-refractivity contribution >= 4 is 7.60 Å². The summed E-state index contributed by atoms with van der Waals surface area (Å²) in [5.74, 6) is 0. The number of hydrogen-bond donors (Lipinski definition) is 2. The first-order chi connectivity index (χ1) is 4.47. The minimum Gasteiger partial charge on any atom is -0.323 e. The van der Waals surface area contributed by atoms with Gasteiger partial charge in [-0.05, 0) is 0 Å². The average Bonchev–Trinajstić information content (AvgIpc) is 1.87. The molecule has 0 heterocycles. The van der Waals surface area contributed by atoms with Crippen LogP contribution < -0.4 is 0 Å². The molecule has 4 nitrogen and oxygen atoms in total. The molecule has 2 N–H and O–H groups in total. The molecule has 64 valence electrons. The van der Waals surface area contributed by atoms with Crippen LogP contribution >= 0.6 is 7.60 Å². The van der Waals surface area contributed by atoms with Crippen LogP contribution in [0.5, 0.6) is 0 Å². The van der Waals surface area contributed by atoms with Gasteiger partial charge in [0.2, 0.25) is 0 Å². The first-order valence-electron chi connectivity index (χ1n) is 3.11. The first-order valence-corrected chi connectivity index (χ1v) is 5.13. The molecule has 0 aliphatic heterocycles. The molecule has 0 aliphatic rings. The molecular formula is C5H15O4P. The number of hydrogen-bond acceptors (Lipinski definition) is 3. The maximum atomic E-state index is 9.67. The lowest BCUT2D eigenvalue weighted by molar-refractivity contribution is -0.144. The fourth-order valence-corrected chi connectivity index (χ4v) is 0. The lowest BCUT2D eigenvalue weighted by atomic mass is 10.4. The Morgan fingerprint density at radius 1 is 1.40 bits per heavy atom. The normalized spacial score (nSPS) is 14.9. The van der Waals surface area contributed by atoms with Gasteiger partial charge in [-0.3, -0.25) is 4.57 Å². The highest BCUT2D eigenvalue weighted by Crippen LogP contribution is 2.34. The summed E-state index contributed by atoms with van der Waals surface area (Å²) < 4.78 is 12.7. The molecular weight excluding hydrogens is 155 g/mol. The van der Waals surface area contributed by atoms with Gasteiger partial charge in [0.25, 0.3) is 0 Å². The molecule has 0 fully saturated rings. The summed E-state index contributed by atoms with van der Waals surface area (Å²) in [6, 6.07) is 0. The summed E-state index contributed by atoms with van der Waals surface area (Å²) in [5, 5.41) is 7.39. The molecule has 1 unspecified atom stereocenters. The topological polar surface area (TPSA) is 66.8 Å². The van der Waals surface area contributed by atoms with E-state index in [-0.39, 0.29) is 0 Å². The van der Waals surface area contributed by atoms with Crippen LogP contribution in [0.1, 0.15) is 26.7 Å². The second-order valence-corrected chi connectivity index (χ2v) is 3.65. The van der Waals surface area contributed by atoms with E-state index in [1.165, 1.54) is 12.8 Å². The summed E-state index contributed by atoms with van der Waals surface area (Å²) >= 11 is 0. The number of unbranched alkanes of at least 4 members (excludes halogenated alkanes) is 1. The van der Waals surface area contributed by atoms with Crippen LogP contribution in [0.2, 0.25) is 0 Å². The fourth-order valence-electron chi connectivity index (χ4n) is 0. The van der Waals surface area contributed by atoms with Crippen LogP contribution in [0.15, 0.2) is 0 Å². The van der Waals surface area contributed by atoms with Crippen LogP contribution in [0.25, 0.3) is 0 Å². The fraction of sp³-hybridized carbons (Fsp3) is 1.00. The van der Waals surface area contributed by atoms with Crippen LogP contribution in [0.4, 0.5) is 0 Å². The van der Waals surface area contributed by atoms with Crippen LogP contribution in [-0.4, -0.2) is 16.8 Å². The molecule has 10 heavy (non-hydrogen) atoms. The van der Waals surface area contributed by atoms with Crippen molar-refractivity contribution in [1.29, 1.82) is 0 Å². The van der Waals surface area contributed by atoms with Crippen LogP contribution in [-0.2, 0) is 9.24 Å². The van der Waals surface area contributed by atoms with Crippen LogP contribution in [0, 0.1) is 0 Å². The van der Waals surface area contributed by atoms with Crippen molar-refractivity contribution < 1.29 is 19.4 Å². The monoisotopic (exact) mass is 170 g/mol. The predicted octanol–water partition coefficient (Wildman–Crippen LogP) is 2.10. The van der Waals surface area contributed by atoms with Gasteiger partial charge in [-0.1, -0.05) is 26.7 Å². The minimum absolute atomic E-state index is 0.882. The Labute approximate surface area is 61.3 Å². The van der Waals surface area contributed by atoms with Crippen molar-refractivity contribution in [3.63, 3.8) is 0 Å². The van der Waals surface area contributed by atoms with E-state index in [2.05, 4.69) is 18.5 Å². The van der Waals surface area contributed by atoms with Crippen molar-refractivity contribution in [3.8, 4) is 0 Å². The molecule has 0 radical (unpaired) electrons. The Morgan fingerprint density at radius 3 is 1.60 bits per heavy atom. The Kier molecular flexibility index (Phi) is 9.21. The van der Waals surface area contributed by atoms with Crippen molar-refractivity contribution in [2.45, 2.75) is 26.7 Å². The third kappa shape index (κ3) is 24.3. The Bertz CT molecular complexity index is 95.8. The van der Waals surface area contributed by atoms with Gasteiger partial charge in [0, 0.05) is 6.66 Å². The summed E-state index contributed by atoms with van der Waals surface area (Å²) in [4.78, 5) is 7.91. The summed E-state index contributed by atoms with van der Waals surface area (Å²) in [5.41, 5.74) is 0. The smallest absolute Gasteiger partial charge is 0.323 e. The van der Waals surface area contributed by atoms with E-state index in [0.29, 0.717) is 0 Å². The second-order valence-electron chi connectivity index (χ2n) is 1.88. The third-order valence-electron chi connectivity index (χ3n) is 0.651. The van der Waals surface area contributed by atoms with E-state index in [4.69, 9.17) is 10.2 Å². The van der Waals surface area contributed by atoms with Gasteiger partial charge in [0.1, 0.15) is 0 Å². The quantitative estimate of drug-likeness (QED) is 0.378. The molecule has 0 aliphatic carbocycles. The molecule has 0 aromatic carbocycles. The Morgan fingerprint density at radius 2 is 1.60 bits per heavy atom. The molecule has 0 rings (SSSR count). The lowest BCUT2D eigenvalue weighted by Gasteiger charge is -1.93. The molecule has 5 heteroatoms. The lowest BCUT2D eigenvalue weighted by Crippen LogP contribution is -1.76. The maximum Gasteiger partial charge on any atom is 0.352 e. The Balaban J connectivity index is 0. The van der Waals surface area contributed by atoms with Crippen molar-refractivity contribution in [2.24, 2.45) is 0 Å². The van der Waals surface area contributed by atoms with E-state index in [9.17, 15) is 4.57 Å². The van der Waals surface area contributed by atoms with Crippen molar-refractivity contribution in [1.82, 2.24) is 0 Å². The summed E-state index contributed by atoms with van der Waals surface area (Å²) in [7, 11) is -3.59. The van der Waals surface area contributed by atoms with E-state index in [1.807, 2.05) is 0 Å². The van der Waals surface area contributed by atoms with E-state index in [1.54, 1.807) is 0 Å². The van der Waals surface area contributed by atoms with E-state index >= 15 is 0 Å². The molecule has 0 spiro atoms. The molecule has 0 aromatic rings. The highest BCUT2D eigenvalue weighted by molar-refractivity contribution is 7.51. The molecule has 0 saturated heterocycles. The van der Waals surface area contributed by atoms with E-state index in [0.717, 1.165) is 6.66 Å². The second kappa shape index (κ2) is 7.22. The SMILES string of the molecule is CCCC.CP(=O)(O)OO. The third-order valence-corrected chi connectivity index (χ3v) is 0.954. The Hall–Kier alpha value is 0.110. The maximum absolute atomic E-state index is 9.67. The highest BCUT2D eigenvalue weighted by Gasteiger charge is 2.05. The molecule has 0 amide bonds. The van der Waals surface area contributed by atoms with Gasteiger partial charge in [-0.25, -0.2) is 5.26 Å². The summed E-state index contributed by atoms with van der Waals surface area (Å²) in [6.45, 7) is 5.24. The predicted molar refractivity (Wildman–Crippen MR) is 40.0 cm³/mol. The minimum atomic E-state index is -3.59. The molecule has 0 aromatic heterocycles. The zero-order chi connectivity index (χ0) is 8.62. The van der Waals surface area contributed by atoms with E-state index < -0.39 is 7.60 Å². The number of rotatable bonds is 2. The largest absolute Gasteiger partial charge is 0.352 e. The van der Waals surface area contributed by atoms with Crippen molar-refractivity contribution in [2.75, 3.05) is 6.66 Å². The average molecular weight is 170 g/mol. The van der Waals surface area contributed by atoms with Gasteiger partial charge in [0.15, 0.2) is 0 Å². The highest BCUT2D eigenvalue weighted by atomic mass is 31.2. The molecule has 1 atom stereocenters. The zero-order valence-electron chi connectivity index (χ0n) is 6.57. The zero-order valence-corrected chi connectivity index (χ0v) is 7.47. The van der Waals surface area contributed by atoms with Gasteiger partial charge >= 0.3 is 7.60 Å². The van der Waals surface area contributed by atoms with Gasteiger partial charge in [-0.15, -0.1) is 0 Å². The molecule has 0 saturated carbocycles. The van der Waals surface area contributed by atoms with Crippen molar-refractivity contribution in [3.05, 3.63) is 0 Å². The summed E-state index contributed by atoms with van der Waals surface area (Å²) in [6.07, 6.45) is 2.64.